The van der Waals surface area contributed by atoms with Crippen molar-refractivity contribution in [2.24, 2.45) is 0 Å². The average molecular weight is 431 g/mol. The van der Waals surface area contributed by atoms with Crippen molar-refractivity contribution in [3.8, 4) is 0 Å². The Hall–Kier alpha value is -2.71. The normalized spacial score (nSPS) is 14.7. The van der Waals surface area contributed by atoms with Gasteiger partial charge in [-0.25, -0.2) is 17.9 Å². The maximum Gasteiger partial charge on any atom is 0.338 e. The van der Waals surface area contributed by atoms with Crippen LogP contribution in [-0.2, 0) is 26.1 Å². The number of nitrogens with one attached hydrogen (secondary N) is 1. The van der Waals surface area contributed by atoms with Crippen LogP contribution >= 0.6 is 0 Å². The molecule has 1 heterocycles. The van der Waals surface area contributed by atoms with Gasteiger partial charge in [-0.1, -0.05) is 49.2 Å². The molecule has 0 unspecified atom stereocenters. The fourth-order valence-corrected chi connectivity index (χ4v) is 4.33. The molecule has 7 nitrogen and oxygen atoms in total. The zero-order valence-corrected chi connectivity index (χ0v) is 17.6. The Labute approximate surface area is 177 Å². The number of rotatable bonds is 7. The number of amides is 1. The van der Waals surface area contributed by atoms with Gasteiger partial charge in [-0.2, -0.15) is 0 Å². The van der Waals surface area contributed by atoms with Crippen molar-refractivity contribution in [1.29, 1.82) is 0 Å². The summed E-state index contributed by atoms with van der Waals surface area (Å²) in [5.74, 6) is -0.947. The third kappa shape index (κ3) is 6.14. The Morgan fingerprint density at radius 3 is 2.33 bits per heavy atom. The van der Waals surface area contributed by atoms with E-state index in [4.69, 9.17) is 4.74 Å². The van der Waals surface area contributed by atoms with Gasteiger partial charge >= 0.3 is 5.97 Å². The Morgan fingerprint density at radius 2 is 1.63 bits per heavy atom. The smallest absolute Gasteiger partial charge is 0.338 e. The predicted molar refractivity (Wildman–Crippen MR) is 112 cm³/mol. The topological polar surface area (TPSA) is 92.8 Å². The molecule has 1 amide bonds. The van der Waals surface area contributed by atoms with Crippen LogP contribution in [0.1, 0.15) is 41.6 Å². The summed E-state index contributed by atoms with van der Waals surface area (Å²) in [7, 11) is -3.80. The number of likely N-dealkylation sites (tertiary alicyclic amines) is 1. The molecule has 2 aromatic rings. The van der Waals surface area contributed by atoms with Crippen LogP contribution < -0.4 is 4.72 Å². The second-order valence-electron chi connectivity index (χ2n) is 7.21. The molecule has 0 atom stereocenters. The lowest BCUT2D eigenvalue weighted by molar-refractivity contribution is -0.134. The Morgan fingerprint density at radius 1 is 0.933 bits per heavy atom. The molecule has 1 fully saturated rings. The number of ether oxygens (including phenoxy) is 1. The summed E-state index contributed by atoms with van der Waals surface area (Å²) in [6.07, 6.45) is 4.11. The molecule has 0 aromatic heterocycles. The highest BCUT2D eigenvalue weighted by molar-refractivity contribution is 7.89. The molecule has 0 bridgehead atoms. The van der Waals surface area contributed by atoms with E-state index in [1.807, 2.05) is 30.3 Å². The molecule has 8 heteroatoms. The highest BCUT2D eigenvalue weighted by Crippen LogP contribution is 2.14. The minimum absolute atomic E-state index is 0.0354. The van der Waals surface area contributed by atoms with Crippen molar-refractivity contribution >= 4 is 21.9 Å². The molecular formula is C22H26N2O5S. The number of hydrogen-bond donors (Lipinski definition) is 1. The SMILES string of the molecule is O=C(OCC(=O)N1CCCCCC1)c1cccc(S(=O)(=O)NCc2ccccc2)c1. The molecule has 0 aliphatic carbocycles. The average Bonchev–Trinajstić information content (AvgIpc) is 3.06. The largest absolute Gasteiger partial charge is 0.452 e. The maximum absolute atomic E-state index is 12.6. The van der Waals surface area contributed by atoms with E-state index >= 15 is 0 Å². The van der Waals surface area contributed by atoms with Crippen molar-refractivity contribution in [2.75, 3.05) is 19.7 Å². The third-order valence-corrected chi connectivity index (χ3v) is 6.37. The van der Waals surface area contributed by atoms with Crippen molar-refractivity contribution in [3.63, 3.8) is 0 Å². The van der Waals surface area contributed by atoms with Crippen LogP contribution in [0.5, 0.6) is 0 Å². The lowest BCUT2D eigenvalue weighted by Crippen LogP contribution is -2.35. The molecule has 1 aliphatic rings. The van der Waals surface area contributed by atoms with Crippen LogP contribution in [0.2, 0.25) is 0 Å². The van der Waals surface area contributed by atoms with Gasteiger partial charge in [0.25, 0.3) is 5.91 Å². The number of benzene rings is 2. The zero-order chi connectivity index (χ0) is 21.4. The van der Waals surface area contributed by atoms with Crippen LogP contribution in [0.25, 0.3) is 0 Å². The first-order valence-corrected chi connectivity index (χ1v) is 11.5. The number of carbonyl (C=O) groups excluding carboxylic acids is 2. The van der Waals surface area contributed by atoms with E-state index in [-0.39, 0.29) is 29.5 Å². The summed E-state index contributed by atoms with van der Waals surface area (Å²) in [4.78, 5) is 26.3. The summed E-state index contributed by atoms with van der Waals surface area (Å²) in [5.41, 5.74) is 0.907. The minimum atomic E-state index is -3.80. The molecule has 3 rings (SSSR count). The Bertz CT molecular complexity index is 968. The standard InChI is InChI=1S/C22H26N2O5S/c25-21(24-13-6-1-2-7-14-24)17-29-22(26)19-11-8-12-20(15-19)30(27,28)23-16-18-9-4-3-5-10-18/h3-5,8-12,15,23H,1-2,6-7,13-14,16-17H2. The summed E-state index contributed by atoms with van der Waals surface area (Å²) in [6.45, 7) is 1.15. The molecule has 0 spiro atoms. The Kier molecular flexibility index (Phi) is 7.59. The fourth-order valence-electron chi connectivity index (χ4n) is 3.27. The molecule has 1 saturated heterocycles. The molecule has 0 radical (unpaired) electrons. The molecular weight excluding hydrogens is 404 g/mol. The minimum Gasteiger partial charge on any atom is -0.452 e. The zero-order valence-electron chi connectivity index (χ0n) is 16.7. The van der Waals surface area contributed by atoms with Gasteiger partial charge < -0.3 is 9.64 Å². The van der Waals surface area contributed by atoms with Crippen LogP contribution in [0.15, 0.2) is 59.5 Å². The molecule has 30 heavy (non-hydrogen) atoms. The van der Waals surface area contributed by atoms with Crippen molar-refractivity contribution in [1.82, 2.24) is 9.62 Å². The van der Waals surface area contributed by atoms with E-state index in [0.717, 1.165) is 31.2 Å². The van der Waals surface area contributed by atoms with Gasteiger partial charge in [-0.05, 0) is 36.6 Å². The molecule has 2 aromatic carbocycles. The van der Waals surface area contributed by atoms with Gasteiger partial charge in [-0.15, -0.1) is 0 Å². The van der Waals surface area contributed by atoms with Gasteiger partial charge in [0.05, 0.1) is 10.5 Å². The van der Waals surface area contributed by atoms with Crippen LogP contribution in [0.3, 0.4) is 0 Å². The lowest BCUT2D eigenvalue weighted by Gasteiger charge is -2.19. The van der Waals surface area contributed by atoms with Gasteiger partial charge in [0.15, 0.2) is 6.61 Å². The van der Waals surface area contributed by atoms with E-state index in [2.05, 4.69) is 4.72 Å². The first-order valence-electron chi connectivity index (χ1n) is 10.0. The van der Waals surface area contributed by atoms with E-state index in [9.17, 15) is 18.0 Å². The Balaban J connectivity index is 1.59. The highest BCUT2D eigenvalue weighted by atomic mass is 32.2. The molecule has 1 aliphatic heterocycles. The summed E-state index contributed by atoms with van der Waals surface area (Å²) in [5, 5.41) is 0. The summed E-state index contributed by atoms with van der Waals surface area (Å²) in [6, 6.07) is 14.7. The van der Waals surface area contributed by atoms with E-state index in [1.54, 1.807) is 4.90 Å². The quantitative estimate of drug-likeness (QED) is 0.682. The fraction of sp³-hybridized carbons (Fsp3) is 0.364. The molecule has 0 saturated carbocycles. The number of hydrogen-bond acceptors (Lipinski definition) is 5. The van der Waals surface area contributed by atoms with Crippen molar-refractivity contribution < 1.29 is 22.7 Å². The molecule has 160 valence electrons. The van der Waals surface area contributed by atoms with Gasteiger partial charge in [0.1, 0.15) is 0 Å². The number of carbonyl (C=O) groups is 2. The summed E-state index contributed by atoms with van der Waals surface area (Å²) >= 11 is 0. The van der Waals surface area contributed by atoms with E-state index < -0.39 is 16.0 Å². The maximum atomic E-state index is 12.6. The van der Waals surface area contributed by atoms with Gasteiger partial charge in [0, 0.05) is 19.6 Å². The predicted octanol–water partition coefficient (Wildman–Crippen LogP) is 2.72. The van der Waals surface area contributed by atoms with Crippen LogP contribution in [-0.4, -0.2) is 44.9 Å². The van der Waals surface area contributed by atoms with Crippen molar-refractivity contribution in [2.45, 2.75) is 37.1 Å². The number of esters is 1. The lowest BCUT2D eigenvalue weighted by atomic mass is 10.2. The van der Waals surface area contributed by atoms with Crippen LogP contribution in [0, 0.1) is 0 Å². The first kappa shape index (κ1) is 22.0. The van der Waals surface area contributed by atoms with E-state index in [0.29, 0.717) is 13.1 Å². The second kappa shape index (κ2) is 10.4. The highest BCUT2D eigenvalue weighted by Gasteiger charge is 2.20. The number of nitrogens with zero attached hydrogens (tertiary/aromatic N) is 1. The first-order chi connectivity index (χ1) is 14.5. The monoisotopic (exact) mass is 430 g/mol. The van der Waals surface area contributed by atoms with Crippen LogP contribution in [0.4, 0.5) is 0 Å². The second-order valence-corrected chi connectivity index (χ2v) is 8.98. The molecule has 1 N–H and O–H groups in total. The summed E-state index contributed by atoms with van der Waals surface area (Å²) < 4.78 is 32.8. The third-order valence-electron chi connectivity index (χ3n) is 4.97. The van der Waals surface area contributed by atoms with Gasteiger partial charge in [-0.3, -0.25) is 4.79 Å². The van der Waals surface area contributed by atoms with Gasteiger partial charge in [0.2, 0.25) is 10.0 Å². The van der Waals surface area contributed by atoms with Crippen molar-refractivity contribution in [3.05, 3.63) is 65.7 Å². The number of sulfonamides is 1. The van der Waals surface area contributed by atoms with E-state index in [1.165, 1.54) is 24.3 Å².